The van der Waals surface area contributed by atoms with Crippen LogP contribution in [0.3, 0.4) is 0 Å². The van der Waals surface area contributed by atoms with Gasteiger partial charge in [-0.1, -0.05) is 42.5 Å². The first kappa shape index (κ1) is 17.3. The summed E-state index contributed by atoms with van der Waals surface area (Å²) in [6.45, 7) is 0.708. The molecule has 6 nitrogen and oxygen atoms in total. The van der Waals surface area contributed by atoms with Crippen LogP contribution in [0.2, 0.25) is 0 Å². The van der Waals surface area contributed by atoms with Crippen molar-refractivity contribution in [1.29, 1.82) is 0 Å². The van der Waals surface area contributed by atoms with E-state index < -0.39 is 5.91 Å². The fourth-order valence-corrected chi connectivity index (χ4v) is 3.90. The van der Waals surface area contributed by atoms with Gasteiger partial charge in [0, 0.05) is 6.54 Å². The molecule has 4 rings (SSSR count). The number of primary amides is 1. The first-order valence-corrected chi connectivity index (χ1v) is 9.24. The lowest BCUT2D eigenvalue weighted by Crippen LogP contribution is -2.39. The molecule has 1 saturated heterocycles. The van der Waals surface area contributed by atoms with E-state index >= 15 is 0 Å². The van der Waals surface area contributed by atoms with Crippen LogP contribution in [0.15, 0.2) is 48.5 Å². The van der Waals surface area contributed by atoms with Crippen LogP contribution in [0.1, 0.15) is 47.1 Å². The molecule has 0 spiro atoms. The van der Waals surface area contributed by atoms with Gasteiger partial charge in [0.2, 0.25) is 5.91 Å². The number of benzene rings is 2. The average Bonchev–Trinajstić information content (AvgIpc) is 3.19. The molecule has 1 aromatic heterocycles. The lowest BCUT2D eigenvalue weighted by Gasteiger charge is -2.35. The van der Waals surface area contributed by atoms with Crippen molar-refractivity contribution in [3.63, 3.8) is 0 Å². The first-order chi connectivity index (χ1) is 13.1. The maximum absolute atomic E-state index is 13.1. The van der Waals surface area contributed by atoms with Gasteiger partial charge in [0.25, 0.3) is 5.91 Å². The second-order valence-electron chi connectivity index (χ2n) is 6.99. The van der Waals surface area contributed by atoms with Gasteiger partial charge in [0.05, 0.1) is 18.2 Å². The van der Waals surface area contributed by atoms with Gasteiger partial charge in [-0.15, -0.1) is 0 Å². The van der Waals surface area contributed by atoms with E-state index in [1.807, 2.05) is 29.2 Å². The van der Waals surface area contributed by atoms with Gasteiger partial charge in [0.1, 0.15) is 5.69 Å². The summed E-state index contributed by atoms with van der Waals surface area (Å²) in [6.07, 6.45) is 3.22. The van der Waals surface area contributed by atoms with Crippen molar-refractivity contribution in [3.8, 4) is 0 Å². The summed E-state index contributed by atoms with van der Waals surface area (Å²) in [5.74, 6) is -0.479. The van der Waals surface area contributed by atoms with Crippen molar-refractivity contribution in [2.45, 2.75) is 31.7 Å². The summed E-state index contributed by atoms with van der Waals surface area (Å²) in [5.41, 5.74) is 7.31. The Balaban J connectivity index is 1.59. The number of likely N-dealkylation sites (tertiary alicyclic amines) is 1. The smallest absolute Gasteiger partial charge is 0.269 e. The number of carbonyl (C=O) groups is 2. The lowest BCUT2D eigenvalue weighted by atomic mass is 9.97. The number of nitrogens with two attached hydrogens (primary N) is 1. The predicted octanol–water partition coefficient (Wildman–Crippen LogP) is 2.96. The van der Waals surface area contributed by atoms with E-state index in [0.717, 1.165) is 41.3 Å². The van der Waals surface area contributed by atoms with Gasteiger partial charge >= 0.3 is 0 Å². The fraction of sp³-hybridized carbons (Fsp3) is 0.286. The number of nitrogens with one attached hydrogen (secondary N) is 1. The Morgan fingerprint density at radius 1 is 1.15 bits per heavy atom. The quantitative estimate of drug-likeness (QED) is 0.747. The molecule has 0 unspecified atom stereocenters. The summed E-state index contributed by atoms with van der Waals surface area (Å²) < 4.78 is 0. The third-order valence-electron chi connectivity index (χ3n) is 5.25. The van der Waals surface area contributed by atoms with Gasteiger partial charge in [-0.2, -0.15) is 5.10 Å². The zero-order valence-corrected chi connectivity index (χ0v) is 15.0. The average molecular weight is 362 g/mol. The van der Waals surface area contributed by atoms with Gasteiger partial charge in [0.15, 0.2) is 0 Å². The molecule has 1 aliphatic rings. The van der Waals surface area contributed by atoms with Crippen molar-refractivity contribution in [3.05, 3.63) is 65.5 Å². The maximum atomic E-state index is 13.1. The van der Waals surface area contributed by atoms with E-state index in [-0.39, 0.29) is 17.6 Å². The standard InChI is InChI=1S/C21H22N4O2/c22-21(27)18-13-17(23-24-18)19-10-3-4-11-25(19)20(26)12-15-8-5-7-14-6-1-2-9-16(14)15/h1-2,5-9,13,19H,3-4,10-12H2,(H2,22,27)(H,23,24)/t19-/m1/s1. The van der Waals surface area contributed by atoms with Gasteiger partial charge in [-0.05, 0) is 41.7 Å². The second kappa shape index (κ2) is 7.23. The van der Waals surface area contributed by atoms with Crippen molar-refractivity contribution in [2.75, 3.05) is 6.54 Å². The number of amides is 2. The van der Waals surface area contributed by atoms with Crippen molar-refractivity contribution in [2.24, 2.45) is 5.73 Å². The number of piperidine rings is 1. The molecule has 3 N–H and O–H groups in total. The van der Waals surface area contributed by atoms with Crippen LogP contribution in [-0.4, -0.2) is 33.5 Å². The highest BCUT2D eigenvalue weighted by Crippen LogP contribution is 2.31. The van der Waals surface area contributed by atoms with E-state index in [4.69, 9.17) is 5.73 Å². The number of aromatic nitrogens is 2. The molecule has 27 heavy (non-hydrogen) atoms. The lowest BCUT2D eigenvalue weighted by molar-refractivity contribution is -0.134. The minimum atomic E-state index is -0.568. The van der Waals surface area contributed by atoms with Crippen molar-refractivity contribution < 1.29 is 9.59 Å². The van der Waals surface area contributed by atoms with Crippen LogP contribution in [0, 0.1) is 0 Å². The highest BCUT2D eigenvalue weighted by Gasteiger charge is 2.29. The van der Waals surface area contributed by atoms with Crippen LogP contribution in [0.5, 0.6) is 0 Å². The minimum Gasteiger partial charge on any atom is -0.364 e. The number of carbonyl (C=O) groups excluding carboxylic acids is 2. The first-order valence-electron chi connectivity index (χ1n) is 9.24. The third kappa shape index (κ3) is 3.43. The Bertz CT molecular complexity index is 989. The van der Waals surface area contributed by atoms with Crippen LogP contribution in [0.4, 0.5) is 0 Å². The van der Waals surface area contributed by atoms with E-state index in [2.05, 4.69) is 28.4 Å². The molecule has 0 bridgehead atoms. The molecule has 1 atom stereocenters. The van der Waals surface area contributed by atoms with Crippen LogP contribution >= 0.6 is 0 Å². The number of fused-ring (bicyclic) bond motifs is 1. The second-order valence-corrected chi connectivity index (χ2v) is 6.99. The third-order valence-corrected chi connectivity index (χ3v) is 5.25. The van der Waals surface area contributed by atoms with E-state index in [0.29, 0.717) is 13.0 Å². The molecule has 0 radical (unpaired) electrons. The number of hydrogen-bond donors (Lipinski definition) is 2. The highest BCUT2D eigenvalue weighted by atomic mass is 16.2. The summed E-state index contributed by atoms with van der Waals surface area (Å²) in [7, 11) is 0. The molecule has 0 saturated carbocycles. The van der Waals surface area contributed by atoms with Gasteiger partial charge in [-0.3, -0.25) is 14.7 Å². The molecule has 1 fully saturated rings. The van der Waals surface area contributed by atoms with Crippen molar-refractivity contribution in [1.82, 2.24) is 15.1 Å². The Morgan fingerprint density at radius 2 is 1.96 bits per heavy atom. The SMILES string of the molecule is NC(=O)c1cc([C@H]2CCCCN2C(=O)Cc2cccc3ccccc23)[nH]n1. The number of rotatable bonds is 4. The molecule has 6 heteroatoms. The summed E-state index contributed by atoms with van der Waals surface area (Å²) in [6, 6.07) is 15.7. The molecule has 0 aliphatic carbocycles. The van der Waals surface area contributed by atoms with Crippen LogP contribution in [-0.2, 0) is 11.2 Å². The Morgan fingerprint density at radius 3 is 2.78 bits per heavy atom. The van der Waals surface area contributed by atoms with E-state index in [1.165, 1.54) is 0 Å². The Hall–Kier alpha value is -3.15. The molecule has 1 aliphatic heterocycles. The molecule has 3 aromatic rings. The van der Waals surface area contributed by atoms with Gasteiger partial charge in [-0.25, -0.2) is 0 Å². The molecule has 138 valence electrons. The number of aromatic amines is 1. The number of hydrogen-bond acceptors (Lipinski definition) is 3. The van der Waals surface area contributed by atoms with E-state index in [9.17, 15) is 9.59 Å². The topological polar surface area (TPSA) is 92.1 Å². The zero-order chi connectivity index (χ0) is 18.8. The minimum absolute atomic E-state index is 0.0891. The molecular weight excluding hydrogens is 340 g/mol. The summed E-state index contributed by atoms with van der Waals surface area (Å²) >= 11 is 0. The largest absolute Gasteiger partial charge is 0.364 e. The van der Waals surface area contributed by atoms with Crippen LogP contribution in [0.25, 0.3) is 10.8 Å². The molecule has 2 heterocycles. The van der Waals surface area contributed by atoms with Crippen molar-refractivity contribution >= 4 is 22.6 Å². The van der Waals surface area contributed by atoms with Gasteiger partial charge < -0.3 is 10.6 Å². The fourth-order valence-electron chi connectivity index (χ4n) is 3.90. The predicted molar refractivity (Wildman–Crippen MR) is 103 cm³/mol. The normalized spacial score (nSPS) is 17.2. The van der Waals surface area contributed by atoms with Crippen LogP contribution < -0.4 is 5.73 Å². The monoisotopic (exact) mass is 362 g/mol. The molecular formula is C21H22N4O2. The molecule has 2 aromatic carbocycles. The summed E-state index contributed by atoms with van der Waals surface area (Å²) in [5, 5.41) is 9.11. The Kier molecular flexibility index (Phi) is 4.62. The maximum Gasteiger partial charge on any atom is 0.269 e. The summed E-state index contributed by atoms with van der Waals surface area (Å²) in [4.78, 5) is 26.4. The van der Waals surface area contributed by atoms with E-state index in [1.54, 1.807) is 6.07 Å². The highest BCUT2D eigenvalue weighted by molar-refractivity contribution is 5.91. The number of nitrogens with zero attached hydrogens (tertiary/aromatic N) is 2. The molecule has 2 amide bonds. The Labute approximate surface area is 157 Å². The number of H-pyrrole nitrogens is 1. The zero-order valence-electron chi connectivity index (χ0n) is 15.0.